The Hall–Kier alpha value is -3.74. The summed E-state index contributed by atoms with van der Waals surface area (Å²) in [6.07, 6.45) is -2.78. The summed E-state index contributed by atoms with van der Waals surface area (Å²) in [7, 11) is 0. The molecule has 1 saturated heterocycles. The van der Waals surface area contributed by atoms with Crippen molar-refractivity contribution in [1.29, 1.82) is 0 Å². The second-order valence-corrected chi connectivity index (χ2v) is 7.30. The molecule has 0 aliphatic carbocycles. The summed E-state index contributed by atoms with van der Waals surface area (Å²) in [6, 6.07) is 5.20. The van der Waals surface area contributed by atoms with E-state index in [1.807, 2.05) is 0 Å². The molecule has 2 aromatic heterocycles. The lowest BCUT2D eigenvalue weighted by Crippen LogP contribution is -2.49. The summed E-state index contributed by atoms with van der Waals surface area (Å²) in [4.78, 5) is 50.2. The number of benzene rings is 1. The van der Waals surface area contributed by atoms with Gasteiger partial charge in [-0.1, -0.05) is 0 Å². The summed E-state index contributed by atoms with van der Waals surface area (Å²) in [6.45, 7) is -0.573. The average Bonchev–Trinajstić information content (AvgIpc) is 3.02. The molecule has 1 aromatic carbocycles. The number of hydrogen-bond donors (Lipinski definition) is 5. The third-order valence-corrected chi connectivity index (χ3v) is 5.17. The number of ether oxygens (including phenoxy) is 1. The van der Waals surface area contributed by atoms with Crippen molar-refractivity contribution in [2.75, 3.05) is 6.61 Å². The van der Waals surface area contributed by atoms with E-state index in [1.165, 1.54) is 18.2 Å². The number of aliphatic hydroxyl groups excluding tert-OH is 2. The predicted molar refractivity (Wildman–Crippen MR) is 108 cm³/mol. The van der Waals surface area contributed by atoms with Gasteiger partial charge in [-0.05, 0) is 17.7 Å². The Balaban J connectivity index is 1.62. The molecule has 0 spiro atoms. The Morgan fingerprint density at radius 2 is 1.97 bits per heavy atom. The molecule has 3 aromatic rings. The maximum Gasteiger partial charge on any atom is 0.336 e. The van der Waals surface area contributed by atoms with Gasteiger partial charge in [0.25, 0.3) is 5.56 Å². The average molecular weight is 445 g/mol. The van der Waals surface area contributed by atoms with Gasteiger partial charge < -0.3 is 29.8 Å². The zero-order valence-electron chi connectivity index (χ0n) is 16.4. The van der Waals surface area contributed by atoms with Gasteiger partial charge in [0.15, 0.2) is 6.23 Å². The first-order valence-corrected chi connectivity index (χ1v) is 9.58. The Morgan fingerprint density at radius 3 is 2.69 bits per heavy atom. The van der Waals surface area contributed by atoms with Gasteiger partial charge in [0.1, 0.15) is 29.6 Å². The van der Waals surface area contributed by atoms with Crippen molar-refractivity contribution < 1.29 is 29.3 Å². The third-order valence-electron chi connectivity index (χ3n) is 5.17. The number of H-pyrrole nitrogens is 1. The molecular formula is C20H19N3O9. The van der Waals surface area contributed by atoms with Gasteiger partial charge in [-0.3, -0.25) is 19.1 Å². The Morgan fingerprint density at radius 1 is 1.19 bits per heavy atom. The zero-order valence-corrected chi connectivity index (χ0v) is 16.4. The van der Waals surface area contributed by atoms with E-state index >= 15 is 0 Å². The number of carbonyl (C=O) groups excluding carboxylic acids is 1. The maximum absolute atomic E-state index is 12.8. The highest BCUT2D eigenvalue weighted by atomic mass is 16.5. The number of amides is 1. The minimum Gasteiger partial charge on any atom is -0.508 e. The highest BCUT2D eigenvalue weighted by Gasteiger charge is 2.45. The monoisotopic (exact) mass is 445 g/mol. The standard InChI is InChI=1S/C20H19N3O9/c24-8-13-18(29)17(19(32-13)23-4-3-14(26)22-20(23)30)21-15(27)5-9-6-16(28)31-12-7-10(25)1-2-11(9)12/h1-4,6-7,13,17-19,24-25,29H,5,8H2,(H,21,27)(H,22,26,30)/t13-,17+,18?,19-/m1/s1. The van der Waals surface area contributed by atoms with Crippen molar-refractivity contribution in [3.8, 4) is 5.75 Å². The highest BCUT2D eigenvalue weighted by molar-refractivity contribution is 5.87. The number of phenols is 1. The summed E-state index contributed by atoms with van der Waals surface area (Å²) >= 11 is 0. The van der Waals surface area contributed by atoms with Crippen molar-refractivity contribution in [3.05, 3.63) is 73.4 Å². The number of fused-ring (bicyclic) bond motifs is 1. The molecule has 168 valence electrons. The lowest BCUT2D eigenvalue weighted by molar-refractivity contribution is -0.122. The molecule has 1 aliphatic heterocycles. The number of carbonyl (C=O) groups is 1. The topological polar surface area (TPSA) is 184 Å². The smallest absolute Gasteiger partial charge is 0.336 e. The molecule has 5 N–H and O–H groups in total. The van der Waals surface area contributed by atoms with Crippen molar-refractivity contribution in [2.45, 2.75) is 30.9 Å². The molecule has 0 radical (unpaired) electrons. The molecule has 1 aliphatic rings. The lowest BCUT2D eigenvalue weighted by Gasteiger charge is -2.23. The van der Waals surface area contributed by atoms with Crippen LogP contribution in [0.25, 0.3) is 11.0 Å². The summed E-state index contributed by atoms with van der Waals surface area (Å²) in [5, 5.41) is 32.6. The summed E-state index contributed by atoms with van der Waals surface area (Å²) in [5.74, 6) is -0.726. The van der Waals surface area contributed by atoms with Crippen LogP contribution in [0.1, 0.15) is 11.8 Å². The van der Waals surface area contributed by atoms with Gasteiger partial charge in [-0.15, -0.1) is 0 Å². The van der Waals surface area contributed by atoms with E-state index in [1.54, 1.807) is 0 Å². The molecule has 3 heterocycles. The van der Waals surface area contributed by atoms with E-state index in [9.17, 15) is 34.5 Å². The molecule has 0 saturated carbocycles. The second kappa shape index (κ2) is 8.42. The van der Waals surface area contributed by atoms with Gasteiger partial charge in [-0.25, -0.2) is 9.59 Å². The fourth-order valence-corrected chi connectivity index (χ4v) is 3.69. The van der Waals surface area contributed by atoms with E-state index in [-0.39, 0.29) is 17.8 Å². The Bertz CT molecular complexity index is 1340. The fraction of sp³-hybridized carbons (Fsp3) is 0.300. The Labute approximate surface area is 178 Å². The van der Waals surface area contributed by atoms with Gasteiger partial charge in [0.2, 0.25) is 5.91 Å². The minimum atomic E-state index is -1.36. The molecule has 1 unspecified atom stereocenters. The van der Waals surface area contributed by atoms with Gasteiger partial charge in [0, 0.05) is 29.8 Å². The van der Waals surface area contributed by atoms with Crippen molar-refractivity contribution in [2.24, 2.45) is 0 Å². The molecule has 1 fully saturated rings. The van der Waals surface area contributed by atoms with Gasteiger partial charge in [-0.2, -0.15) is 0 Å². The van der Waals surface area contributed by atoms with Crippen LogP contribution in [0.2, 0.25) is 0 Å². The lowest BCUT2D eigenvalue weighted by atomic mass is 10.0. The first-order chi connectivity index (χ1) is 15.3. The van der Waals surface area contributed by atoms with Crippen molar-refractivity contribution in [3.63, 3.8) is 0 Å². The Kier molecular flexibility index (Phi) is 5.65. The number of phenolic OH excluding ortho intramolecular Hbond substituents is 1. The molecule has 32 heavy (non-hydrogen) atoms. The molecule has 4 rings (SSSR count). The zero-order chi connectivity index (χ0) is 23.0. The first kappa shape index (κ1) is 21.5. The number of aliphatic hydroxyl groups is 2. The van der Waals surface area contributed by atoms with Crippen LogP contribution in [0.15, 0.2) is 55.3 Å². The minimum absolute atomic E-state index is 0.0996. The first-order valence-electron chi connectivity index (χ1n) is 9.58. The van der Waals surface area contributed by atoms with Crippen LogP contribution in [0.5, 0.6) is 5.75 Å². The van der Waals surface area contributed by atoms with Crippen LogP contribution in [-0.2, 0) is 16.0 Å². The van der Waals surface area contributed by atoms with E-state index in [0.29, 0.717) is 10.9 Å². The summed E-state index contributed by atoms with van der Waals surface area (Å²) < 4.78 is 11.6. The number of aromatic nitrogens is 2. The largest absolute Gasteiger partial charge is 0.508 e. The fourth-order valence-electron chi connectivity index (χ4n) is 3.69. The van der Waals surface area contributed by atoms with Crippen LogP contribution in [-0.4, -0.2) is 55.6 Å². The number of hydrogen-bond acceptors (Lipinski definition) is 9. The van der Waals surface area contributed by atoms with Crippen LogP contribution in [0, 0.1) is 0 Å². The highest BCUT2D eigenvalue weighted by Crippen LogP contribution is 2.28. The van der Waals surface area contributed by atoms with Crippen LogP contribution < -0.4 is 22.2 Å². The van der Waals surface area contributed by atoms with Gasteiger partial charge >= 0.3 is 11.3 Å². The van der Waals surface area contributed by atoms with E-state index in [2.05, 4.69) is 10.3 Å². The number of aromatic amines is 1. The normalized spacial score (nSPS) is 22.8. The van der Waals surface area contributed by atoms with E-state index in [4.69, 9.17) is 9.15 Å². The molecule has 1 amide bonds. The molecule has 4 atom stereocenters. The maximum atomic E-state index is 12.8. The van der Waals surface area contributed by atoms with Gasteiger partial charge in [0.05, 0.1) is 13.0 Å². The quantitative estimate of drug-likeness (QED) is 0.286. The van der Waals surface area contributed by atoms with Crippen LogP contribution in [0.3, 0.4) is 0 Å². The van der Waals surface area contributed by atoms with E-state index < -0.39 is 53.9 Å². The number of nitrogens with one attached hydrogen (secondary N) is 2. The number of nitrogens with zero attached hydrogens (tertiary/aromatic N) is 1. The SMILES string of the molecule is O=C(Cc1cc(=O)oc2cc(O)ccc12)N[C@H]1C(O)[C@@H](CO)O[C@H]1n1ccc(=O)[nH]c1=O. The molecule has 0 bridgehead atoms. The molecular weight excluding hydrogens is 426 g/mol. The van der Waals surface area contributed by atoms with Crippen molar-refractivity contribution in [1.82, 2.24) is 14.9 Å². The summed E-state index contributed by atoms with van der Waals surface area (Å²) in [5.41, 5.74) is -1.75. The van der Waals surface area contributed by atoms with Crippen LogP contribution in [0.4, 0.5) is 0 Å². The van der Waals surface area contributed by atoms with E-state index in [0.717, 1.165) is 22.9 Å². The molecule has 12 nitrogen and oxygen atoms in total. The van der Waals surface area contributed by atoms with Crippen molar-refractivity contribution >= 4 is 16.9 Å². The molecule has 12 heteroatoms. The van der Waals surface area contributed by atoms with Crippen LogP contribution >= 0.6 is 0 Å². The third kappa shape index (κ3) is 4.06. The number of aromatic hydroxyl groups is 1. The predicted octanol–water partition coefficient (Wildman–Crippen LogP) is -1.67. The number of rotatable bonds is 5. The second-order valence-electron chi connectivity index (χ2n) is 7.30.